The Bertz CT molecular complexity index is 1010. The number of nitrogens with zero attached hydrogens (tertiary/aromatic N) is 4. The number of aliphatic carboxylic acids is 1. The molecule has 0 aliphatic carbocycles. The molecular weight excluding hydrogens is 466 g/mol. The van der Waals surface area contributed by atoms with E-state index in [9.17, 15) is 23.5 Å². The second-order valence-corrected chi connectivity index (χ2v) is 10.7. The zero-order valence-electron chi connectivity index (χ0n) is 19.6. The predicted molar refractivity (Wildman–Crippen MR) is 123 cm³/mol. The number of carbonyl (C=O) groups excluding carboxylic acids is 1. The lowest BCUT2D eigenvalue weighted by Gasteiger charge is -2.39. The quantitative estimate of drug-likeness (QED) is 0.492. The Kier molecular flexibility index (Phi) is 8.40. The maximum atomic E-state index is 13.3. The smallest absolute Gasteiger partial charge is 0.311 e. The lowest BCUT2D eigenvalue weighted by atomic mass is 9.76. The minimum atomic E-state index is -3.21. The van der Waals surface area contributed by atoms with E-state index in [4.69, 9.17) is 5.11 Å². The van der Waals surface area contributed by atoms with E-state index in [1.54, 1.807) is 16.2 Å². The van der Waals surface area contributed by atoms with Crippen molar-refractivity contribution < 1.29 is 28.6 Å². The van der Waals surface area contributed by atoms with Gasteiger partial charge in [0.1, 0.15) is 6.61 Å². The molecule has 1 aliphatic rings. The number of carboxylic acid groups (broad SMARTS) is 1. The number of piperidine rings is 1. The summed E-state index contributed by atoms with van der Waals surface area (Å²) in [5.41, 5.74) is 0.450. The molecule has 1 atom stereocenters. The number of aliphatic hydroxyl groups excluding tert-OH is 1. The number of hydrogen-bond donors (Lipinski definition) is 2. The van der Waals surface area contributed by atoms with E-state index in [0.717, 1.165) is 6.42 Å². The van der Waals surface area contributed by atoms with Gasteiger partial charge < -0.3 is 15.1 Å². The summed E-state index contributed by atoms with van der Waals surface area (Å²) in [5.74, 6) is -4.26. The monoisotopic (exact) mass is 498 g/mol. The van der Waals surface area contributed by atoms with E-state index in [1.165, 1.54) is 26.2 Å². The van der Waals surface area contributed by atoms with E-state index < -0.39 is 30.3 Å². The summed E-state index contributed by atoms with van der Waals surface area (Å²) in [7, 11) is 0. The van der Waals surface area contributed by atoms with Gasteiger partial charge in [0.15, 0.2) is 0 Å². The summed E-state index contributed by atoms with van der Waals surface area (Å²) in [4.78, 5) is 29.3. The van der Waals surface area contributed by atoms with Crippen LogP contribution in [0.2, 0.25) is 0 Å². The fourth-order valence-corrected chi connectivity index (χ4v) is 5.47. The van der Waals surface area contributed by atoms with Gasteiger partial charge >= 0.3 is 5.97 Å². The van der Waals surface area contributed by atoms with Gasteiger partial charge in [0.25, 0.3) is 5.92 Å². The third kappa shape index (κ3) is 6.59. The molecule has 3 heterocycles. The first-order chi connectivity index (χ1) is 16.0. The molecule has 2 N–H and O–H groups in total. The molecule has 1 fully saturated rings. The minimum absolute atomic E-state index is 0.0511. The van der Waals surface area contributed by atoms with Crippen LogP contribution in [0.25, 0.3) is 0 Å². The molecule has 188 valence electrons. The van der Waals surface area contributed by atoms with Crippen LogP contribution in [0.1, 0.15) is 53.1 Å². The number of alkyl halides is 2. The summed E-state index contributed by atoms with van der Waals surface area (Å²) in [5, 5.41) is 26.5. The van der Waals surface area contributed by atoms with E-state index in [-0.39, 0.29) is 25.4 Å². The van der Waals surface area contributed by atoms with Gasteiger partial charge in [-0.05, 0) is 51.2 Å². The molecular formula is C23H32F2N4O4S. The first kappa shape index (κ1) is 26.2. The molecule has 3 rings (SSSR count). The van der Waals surface area contributed by atoms with Crippen molar-refractivity contribution in [1.29, 1.82) is 0 Å². The van der Waals surface area contributed by atoms with Crippen LogP contribution in [-0.4, -0.2) is 67.6 Å². The molecule has 0 spiro atoms. The average molecular weight is 499 g/mol. The van der Waals surface area contributed by atoms with Crippen LogP contribution in [0, 0.1) is 19.3 Å². The van der Waals surface area contributed by atoms with Gasteiger partial charge in [-0.25, -0.2) is 8.78 Å². The third-order valence-electron chi connectivity index (χ3n) is 6.41. The third-order valence-corrected chi connectivity index (χ3v) is 7.42. The number of thiophene rings is 1. The molecule has 34 heavy (non-hydrogen) atoms. The Morgan fingerprint density at radius 2 is 2.09 bits per heavy atom. The molecule has 0 aromatic carbocycles. The molecule has 11 heteroatoms. The molecule has 0 radical (unpaired) electrons. The molecule has 0 saturated carbocycles. The van der Waals surface area contributed by atoms with E-state index >= 15 is 0 Å². The molecule has 1 unspecified atom stereocenters. The molecule has 1 saturated heterocycles. The summed E-state index contributed by atoms with van der Waals surface area (Å²) in [6.07, 6.45) is 3.78. The van der Waals surface area contributed by atoms with Crippen molar-refractivity contribution in [2.75, 3.05) is 19.7 Å². The van der Waals surface area contributed by atoms with Crippen molar-refractivity contribution in [2.45, 2.75) is 71.3 Å². The fraction of sp³-hybridized carbons (Fsp3) is 0.652. The van der Waals surface area contributed by atoms with E-state index in [2.05, 4.69) is 30.2 Å². The Balaban J connectivity index is 1.59. The average Bonchev–Trinajstić information content (AvgIpc) is 3.37. The van der Waals surface area contributed by atoms with Gasteiger partial charge in [-0.15, -0.1) is 16.4 Å². The van der Waals surface area contributed by atoms with Gasteiger partial charge in [-0.1, -0.05) is 5.21 Å². The highest BCUT2D eigenvalue weighted by molar-refractivity contribution is 7.12. The predicted octanol–water partition coefficient (Wildman–Crippen LogP) is 3.23. The van der Waals surface area contributed by atoms with Crippen LogP contribution < -0.4 is 0 Å². The van der Waals surface area contributed by atoms with Gasteiger partial charge in [-0.3, -0.25) is 14.3 Å². The Morgan fingerprint density at radius 3 is 2.74 bits per heavy atom. The minimum Gasteiger partial charge on any atom is -0.481 e. The number of rotatable bonds is 11. The molecule has 2 aromatic heterocycles. The zero-order chi connectivity index (χ0) is 24.9. The highest BCUT2D eigenvalue weighted by Crippen LogP contribution is 2.34. The molecule has 2 aromatic rings. The first-order valence-corrected chi connectivity index (χ1v) is 12.3. The van der Waals surface area contributed by atoms with Crippen LogP contribution in [0.4, 0.5) is 8.78 Å². The lowest BCUT2D eigenvalue weighted by Crippen LogP contribution is -2.51. The summed E-state index contributed by atoms with van der Waals surface area (Å²) < 4.78 is 27.8. The van der Waals surface area contributed by atoms with Crippen molar-refractivity contribution in [3.05, 3.63) is 33.3 Å². The molecule has 8 nitrogen and oxygen atoms in total. The zero-order valence-corrected chi connectivity index (χ0v) is 20.4. The van der Waals surface area contributed by atoms with Crippen LogP contribution >= 0.6 is 11.3 Å². The van der Waals surface area contributed by atoms with Crippen molar-refractivity contribution in [3.8, 4) is 0 Å². The second kappa shape index (κ2) is 10.9. The lowest BCUT2D eigenvalue weighted by molar-refractivity contribution is -0.155. The number of halogens is 2. The summed E-state index contributed by atoms with van der Waals surface area (Å²) >= 11 is 1.75. The first-order valence-electron chi connectivity index (χ1n) is 11.5. The van der Waals surface area contributed by atoms with Gasteiger partial charge in [-0.2, -0.15) is 0 Å². The SMILES string of the molecule is Cc1cc(CCCC(=O)N2CCCC(Cc3cn(CCC(F)(F)CO)nn3)(C(=O)O)C2)c(C)s1. The normalized spacial score (nSPS) is 18.9. The van der Waals surface area contributed by atoms with Crippen molar-refractivity contribution in [1.82, 2.24) is 19.9 Å². The number of amides is 1. The molecule has 1 amide bonds. The number of aryl methyl sites for hydroxylation is 4. The number of carbonyl (C=O) groups is 2. The van der Waals surface area contributed by atoms with Gasteiger partial charge in [0, 0.05) is 54.8 Å². The number of likely N-dealkylation sites (tertiary alicyclic amines) is 1. The van der Waals surface area contributed by atoms with Crippen LogP contribution in [0.5, 0.6) is 0 Å². The number of aliphatic hydroxyl groups is 1. The van der Waals surface area contributed by atoms with E-state index in [0.29, 0.717) is 37.9 Å². The topological polar surface area (TPSA) is 109 Å². The number of carboxylic acids is 1. The van der Waals surface area contributed by atoms with Crippen molar-refractivity contribution in [3.63, 3.8) is 0 Å². The van der Waals surface area contributed by atoms with Crippen LogP contribution in [0.15, 0.2) is 12.3 Å². The second-order valence-electron chi connectivity index (χ2n) is 9.21. The maximum Gasteiger partial charge on any atom is 0.311 e. The Morgan fingerprint density at radius 1 is 1.32 bits per heavy atom. The fourth-order valence-electron chi connectivity index (χ4n) is 4.49. The number of hydrogen-bond acceptors (Lipinski definition) is 6. The van der Waals surface area contributed by atoms with Gasteiger partial charge in [0.2, 0.25) is 5.91 Å². The molecule has 1 aliphatic heterocycles. The van der Waals surface area contributed by atoms with Crippen molar-refractivity contribution >= 4 is 23.2 Å². The standard InChI is InChI=1S/C23H32F2N4O4S/c1-16-11-18(17(2)34-16)5-3-6-20(31)28-9-4-7-22(14-28,21(32)33)12-19-13-29(27-26-19)10-8-23(24,25)15-30/h11,13,30H,3-10,12,14-15H2,1-2H3,(H,32,33). The van der Waals surface area contributed by atoms with Gasteiger partial charge in [0.05, 0.1) is 11.1 Å². The van der Waals surface area contributed by atoms with Crippen LogP contribution in [0.3, 0.4) is 0 Å². The highest BCUT2D eigenvalue weighted by atomic mass is 32.1. The Labute approximate surface area is 201 Å². The number of aromatic nitrogens is 3. The van der Waals surface area contributed by atoms with Crippen LogP contribution in [-0.2, 0) is 29.0 Å². The molecule has 0 bridgehead atoms. The summed E-state index contributed by atoms with van der Waals surface area (Å²) in [6.45, 7) is 3.37. The van der Waals surface area contributed by atoms with E-state index in [1.807, 2.05) is 0 Å². The Hall–Kier alpha value is -2.40. The largest absolute Gasteiger partial charge is 0.481 e. The highest BCUT2D eigenvalue weighted by Gasteiger charge is 2.44. The maximum absolute atomic E-state index is 13.3. The summed E-state index contributed by atoms with van der Waals surface area (Å²) in [6, 6.07) is 2.15. The van der Waals surface area contributed by atoms with Crippen molar-refractivity contribution in [2.24, 2.45) is 5.41 Å².